The lowest BCUT2D eigenvalue weighted by atomic mass is 9.82. The second-order valence-corrected chi connectivity index (χ2v) is 10.5. The summed E-state index contributed by atoms with van der Waals surface area (Å²) < 4.78 is 26.6. The summed E-state index contributed by atoms with van der Waals surface area (Å²) in [5.41, 5.74) is 5.23. The van der Waals surface area contributed by atoms with Gasteiger partial charge in [0.2, 0.25) is 5.88 Å². The average Bonchev–Trinajstić information content (AvgIpc) is 3.41. The van der Waals surface area contributed by atoms with Crippen LogP contribution < -0.4 is 9.47 Å². The normalized spacial score (nSPS) is 22.5. The fourth-order valence-corrected chi connectivity index (χ4v) is 5.73. The number of fused-ring (bicyclic) bond motifs is 1. The van der Waals surface area contributed by atoms with Crippen LogP contribution >= 0.6 is 0 Å². The van der Waals surface area contributed by atoms with Gasteiger partial charge in [0.05, 0.1) is 19.2 Å². The van der Waals surface area contributed by atoms with Crippen molar-refractivity contribution >= 4 is 5.97 Å². The summed E-state index contributed by atoms with van der Waals surface area (Å²) >= 11 is 0. The Morgan fingerprint density at radius 3 is 2.86 bits per heavy atom. The zero-order valence-corrected chi connectivity index (χ0v) is 21.6. The van der Waals surface area contributed by atoms with Gasteiger partial charge < -0.3 is 14.6 Å². The molecule has 1 N–H and O–H groups in total. The molecule has 7 heteroatoms. The first-order valence-electron chi connectivity index (χ1n) is 13.2. The fourth-order valence-electron chi connectivity index (χ4n) is 5.73. The van der Waals surface area contributed by atoms with Gasteiger partial charge in [-0.3, -0.25) is 9.69 Å². The first-order chi connectivity index (χ1) is 17.9. The van der Waals surface area contributed by atoms with E-state index in [4.69, 9.17) is 9.47 Å². The first-order valence-corrected chi connectivity index (χ1v) is 13.2. The maximum atomic E-state index is 14.8. The maximum absolute atomic E-state index is 14.8. The highest BCUT2D eigenvalue weighted by Gasteiger charge is 2.30. The number of nitrogens with zero attached hydrogens (tertiary/aromatic N) is 2. The maximum Gasteiger partial charge on any atom is 0.306 e. The Balaban J connectivity index is 1.41. The number of halogens is 1. The SMILES string of the molecule is COc1cc(C2C=CC(C3CCc4ccc(C[C@H](C)C(=O)O)cc4O3)=C(CN3CCCC3)C2)c(F)cn1. The number of allylic oxidation sites excluding steroid dienone is 1. The number of hydrogen-bond acceptors (Lipinski definition) is 5. The number of aryl methyl sites for hydroxylation is 1. The van der Waals surface area contributed by atoms with E-state index in [2.05, 4.69) is 28.1 Å². The molecule has 1 aromatic heterocycles. The van der Waals surface area contributed by atoms with Gasteiger partial charge in [0, 0.05) is 24.1 Å². The van der Waals surface area contributed by atoms with Crippen molar-refractivity contribution < 1.29 is 23.8 Å². The molecule has 0 spiro atoms. The van der Waals surface area contributed by atoms with Gasteiger partial charge in [0.25, 0.3) is 0 Å². The Hall–Kier alpha value is -3.19. The molecule has 37 heavy (non-hydrogen) atoms. The number of rotatable bonds is 8. The van der Waals surface area contributed by atoms with Crippen LogP contribution in [0.5, 0.6) is 11.6 Å². The van der Waals surface area contributed by atoms with E-state index in [-0.39, 0.29) is 17.8 Å². The molecule has 1 aliphatic carbocycles. The Bertz CT molecular complexity index is 1220. The molecule has 3 aliphatic rings. The predicted molar refractivity (Wildman–Crippen MR) is 140 cm³/mol. The Kier molecular flexibility index (Phi) is 7.60. The molecule has 3 heterocycles. The molecule has 0 amide bonds. The van der Waals surface area contributed by atoms with Crippen LogP contribution in [0, 0.1) is 11.7 Å². The number of carboxylic acids is 1. The number of aliphatic carboxylic acids is 1. The van der Waals surface area contributed by atoms with Gasteiger partial charge in [-0.05, 0) is 80.0 Å². The van der Waals surface area contributed by atoms with Crippen LogP contribution in [0.15, 0.2) is 53.8 Å². The van der Waals surface area contributed by atoms with Crippen molar-refractivity contribution in [2.45, 2.75) is 57.5 Å². The molecule has 0 bridgehead atoms. The van der Waals surface area contributed by atoms with Crippen LogP contribution in [0.3, 0.4) is 0 Å². The quantitative estimate of drug-likeness (QED) is 0.522. The lowest BCUT2D eigenvalue weighted by Crippen LogP contribution is -2.30. The Morgan fingerprint density at radius 2 is 2.11 bits per heavy atom. The number of pyridine rings is 1. The van der Waals surface area contributed by atoms with Crippen LogP contribution in [0.2, 0.25) is 0 Å². The number of aromatic nitrogens is 1. The van der Waals surface area contributed by atoms with E-state index in [1.807, 2.05) is 12.1 Å². The molecule has 5 rings (SSSR count). The lowest BCUT2D eigenvalue weighted by Gasteiger charge is -2.33. The number of methoxy groups -OCH3 is 1. The van der Waals surface area contributed by atoms with E-state index < -0.39 is 11.9 Å². The van der Waals surface area contributed by atoms with Crippen molar-refractivity contribution in [3.8, 4) is 11.6 Å². The van der Waals surface area contributed by atoms with E-state index in [9.17, 15) is 14.3 Å². The summed E-state index contributed by atoms with van der Waals surface area (Å²) in [5.74, 6) is -0.375. The summed E-state index contributed by atoms with van der Waals surface area (Å²) in [6.45, 7) is 4.76. The Labute approximate surface area is 217 Å². The third-order valence-corrected chi connectivity index (χ3v) is 7.85. The Morgan fingerprint density at radius 1 is 1.30 bits per heavy atom. The molecule has 196 valence electrons. The van der Waals surface area contributed by atoms with Gasteiger partial charge in [0.1, 0.15) is 17.7 Å². The predicted octanol–water partition coefficient (Wildman–Crippen LogP) is 5.32. The van der Waals surface area contributed by atoms with Gasteiger partial charge in [-0.2, -0.15) is 0 Å². The smallest absolute Gasteiger partial charge is 0.306 e. The van der Waals surface area contributed by atoms with Gasteiger partial charge in [-0.25, -0.2) is 9.37 Å². The summed E-state index contributed by atoms with van der Waals surface area (Å²) in [5, 5.41) is 9.31. The number of ether oxygens (including phenoxy) is 2. The van der Waals surface area contributed by atoms with Crippen molar-refractivity contribution in [3.05, 3.63) is 76.3 Å². The molecule has 0 saturated carbocycles. The topological polar surface area (TPSA) is 71.9 Å². The van der Waals surface area contributed by atoms with Crippen molar-refractivity contribution in [2.75, 3.05) is 26.7 Å². The standard InChI is InChI=1S/C30H35FN2O4/c1-19(30(34)35)13-20-5-6-21-8-10-27(37-28(21)14-20)24-9-7-22(15-23(24)18-33-11-3-4-12-33)25-16-29(36-2)32-17-26(25)31/h5-7,9,14,16-17,19,22,27H,3-4,8,10-13,15,18H2,1-2H3,(H,34,35)/t19-,22?,27?/m0/s1. The van der Waals surface area contributed by atoms with Gasteiger partial charge >= 0.3 is 5.97 Å². The van der Waals surface area contributed by atoms with Crippen LogP contribution in [0.1, 0.15) is 55.2 Å². The van der Waals surface area contributed by atoms with Gasteiger partial charge in [-0.1, -0.05) is 31.2 Å². The van der Waals surface area contributed by atoms with Crippen LogP contribution in [0.4, 0.5) is 4.39 Å². The fraction of sp³-hybridized carbons (Fsp3) is 0.467. The lowest BCUT2D eigenvalue weighted by molar-refractivity contribution is -0.141. The second kappa shape index (κ2) is 11.1. The number of likely N-dealkylation sites (tertiary alicyclic amines) is 1. The van der Waals surface area contributed by atoms with Crippen LogP contribution in [-0.4, -0.2) is 53.8 Å². The van der Waals surface area contributed by atoms with Crippen molar-refractivity contribution in [1.82, 2.24) is 9.88 Å². The monoisotopic (exact) mass is 506 g/mol. The second-order valence-electron chi connectivity index (χ2n) is 10.5. The minimum absolute atomic E-state index is 0.0775. The minimum atomic E-state index is -0.793. The van der Waals surface area contributed by atoms with Gasteiger partial charge in [-0.15, -0.1) is 0 Å². The van der Waals surface area contributed by atoms with Crippen molar-refractivity contribution in [3.63, 3.8) is 0 Å². The molecule has 1 aromatic carbocycles. The van der Waals surface area contributed by atoms with Gasteiger partial charge in [0.15, 0.2) is 0 Å². The number of carboxylic acid groups (broad SMARTS) is 1. The first kappa shape index (κ1) is 25.5. The number of benzene rings is 1. The molecule has 6 nitrogen and oxygen atoms in total. The summed E-state index contributed by atoms with van der Waals surface area (Å²) in [6, 6.07) is 7.80. The highest BCUT2D eigenvalue weighted by molar-refractivity contribution is 5.70. The minimum Gasteiger partial charge on any atom is -0.485 e. The van der Waals surface area contributed by atoms with Crippen molar-refractivity contribution in [1.29, 1.82) is 0 Å². The van der Waals surface area contributed by atoms with E-state index >= 15 is 0 Å². The molecular formula is C30H35FN2O4. The molecule has 1 fully saturated rings. The van der Waals surface area contributed by atoms with E-state index in [1.165, 1.54) is 30.2 Å². The molecule has 3 atom stereocenters. The molecule has 2 unspecified atom stereocenters. The summed E-state index contributed by atoms with van der Waals surface area (Å²) in [7, 11) is 1.55. The largest absolute Gasteiger partial charge is 0.485 e. The third-order valence-electron chi connectivity index (χ3n) is 7.85. The van der Waals surface area contributed by atoms with Crippen molar-refractivity contribution in [2.24, 2.45) is 5.92 Å². The zero-order valence-electron chi connectivity index (χ0n) is 21.6. The molecule has 0 radical (unpaired) electrons. The highest BCUT2D eigenvalue weighted by atomic mass is 19.1. The molecular weight excluding hydrogens is 471 g/mol. The molecule has 2 aromatic rings. The zero-order chi connectivity index (χ0) is 25.9. The molecule has 2 aliphatic heterocycles. The number of carbonyl (C=O) groups is 1. The van der Waals surface area contributed by atoms with E-state index in [1.54, 1.807) is 20.1 Å². The highest BCUT2D eigenvalue weighted by Crippen LogP contribution is 2.39. The third kappa shape index (κ3) is 5.72. The van der Waals surface area contributed by atoms with Crippen LogP contribution in [0.25, 0.3) is 0 Å². The van der Waals surface area contributed by atoms with E-state index in [0.29, 0.717) is 17.9 Å². The average molecular weight is 507 g/mol. The number of hydrogen-bond donors (Lipinski definition) is 1. The van der Waals surface area contributed by atoms with Crippen LogP contribution in [-0.2, 0) is 17.6 Å². The summed E-state index contributed by atoms with van der Waals surface area (Å²) in [6.07, 6.45) is 10.8. The van der Waals surface area contributed by atoms with E-state index in [0.717, 1.165) is 55.8 Å². The summed E-state index contributed by atoms with van der Waals surface area (Å²) in [4.78, 5) is 17.8. The molecule has 1 saturated heterocycles.